The maximum atomic E-state index is 11.4. The maximum absolute atomic E-state index is 11.4. The Labute approximate surface area is 122 Å². The number of methoxy groups -OCH3 is 1. The van der Waals surface area contributed by atoms with Crippen molar-refractivity contribution in [1.29, 1.82) is 0 Å². The van der Waals surface area contributed by atoms with Gasteiger partial charge in [-0.3, -0.25) is 4.79 Å². The van der Waals surface area contributed by atoms with E-state index in [0.29, 0.717) is 0 Å². The number of hydrogen-bond acceptors (Lipinski definition) is 7. The van der Waals surface area contributed by atoms with Gasteiger partial charge >= 0.3 is 24.0 Å². The Balaban J connectivity index is 4.27. The summed E-state index contributed by atoms with van der Waals surface area (Å²) in [5, 5.41) is 2.06. The molecule has 0 heterocycles. The van der Waals surface area contributed by atoms with E-state index >= 15 is 0 Å². The quantitative estimate of drug-likeness (QED) is 0.352. The molecule has 0 aromatic carbocycles. The van der Waals surface area contributed by atoms with Crippen LogP contribution in [-0.2, 0) is 28.6 Å². The Hall–Kier alpha value is -2.38. The normalized spacial score (nSPS) is 11.4. The van der Waals surface area contributed by atoms with Crippen molar-refractivity contribution in [3.8, 4) is 0 Å². The van der Waals surface area contributed by atoms with Gasteiger partial charge in [0, 0.05) is 11.6 Å². The number of nitrogens with one attached hydrogen (secondary N) is 1. The van der Waals surface area contributed by atoms with E-state index in [0.717, 1.165) is 13.2 Å². The lowest BCUT2D eigenvalue weighted by molar-refractivity contribution is -0.153. The third kappa shape index (κ3) is 9.20. The zero-order valence-corrected chi connectivity index (χ0v) is 12.6. The summed E-state index contributed by atoms with van der Waals surface area (Å²) < 4.78 is 13.6. The molecule has 8 nitrogen and oxygen atoms in total. The predicted octanol–water partition coefficient (Wildman–Crippen LogP) is 0.700. The number of esters is 3. The first-order valence-electron chi connectivity index (χ1n) is 6.03. The molecule has 1 N–H and O–H groups in total. The molecule has 0 aliphatic heterocycles. The molecule has 0 aromatic rings. The molecule has 118 valence electrons. The van der Waals surface area contributed by atoms with E-state index in [9.17, 15) is 19.2 Å². The van der Waals surface area contributed by atoms with Gasteiger partial charge in [0.2, 0.25) is 0 Å². The number of carbonyl (C=O) groups excluding carboxylic acids is 4. The van der Waals surface area contributed by atoms with E-state index in [1.54, 1.807) is 20.8 Å². The van der Waals surface area contributed by atoms with Crippen molar-refractivity contribution >= 4 is 24.0 Å². The molecule has 0 aromatic heterocycles. The number of carbonyl (C=O) groups is 4. The topological polar surface area (TPSA) is 108 Å². The van der Waals surface area contributed by atoms with Crippen molar-refractivity contribution in [2.45, 2.75) is 33.3 Å². The molecule has 0 aliphatic carbocycles. The molecule has 0 unspecified atom stereocenters. The third-order valence-corrected chi connectivity index (χ3v) is 1.84. The molecule has 0 spiro atoms. The van der Waals surface area contributed by atoms with Crippen LogP contribution in [0.5, 0.6) is 0 Å². The molecule has 0 atom stereocenters. The first kappa shape index (κ1) is 18.6. The number of rotatable bonds is 4. The fourth-order valence-corrected chi connectivity index (χ4v) is 1.02. The molecule has 1 amide bonds. The van der Waals surface area contributed by atoms with Gasteiger partial charge < -0.3 is 19.5 Å². The molecular formula is C13H19NO7. The zero-order chi connectivity index (χ0) is 16.6. The van der Waals surface area contributed by atoms with E-state index in [-0.39, 0.29) is 5.57 Å². The fourth-order valence-electron chi connectivity index (χ4n) is 1.02. The van der Waals surface area contributed by atoms with Crippen molar-refractivity contribution in [2.75, 3.05) is 13.7 Å². The SMILES string of the molecule is COC(=O)/C=C(\C)C(=O)OC(=O)NCC(=O)OC(C)(C)C. The van der Waals surface area contributed by atoms with Gasteiger partial charge in [-0.25, -0.2) is 14.4 Å². The van der Waals surface area contributed by atoms with Crippen LogP contribution in [0, 0.1) is 0 Å². The number of amides is 1. The Morgan fingerprint density at radius 3 is 2.19 bits per heavy atom. The van der Waals surface area contributed by atoms with Crippen LogP contribution in [0.4, 0.5) is 4.79 Å². The highest BCUT2D eigenvalue weighted by molar-refractivity contribution is 6.00. The standard InChI is InChI=1S/C13H19NO7/c1-8(6-9(15)19-5)11(17)20-12(18)14-7-10(16)21-13(2,3)4/h6H,7H2,1-5H3,(H,14,18)/b8-6+. The molecule has 8 heteroatoms. The van der Waals surface area contributed by atoms with Gasteiger partial charge in [0.05, 0.1) is 7.11 Å². The lowest BCUT2D eigenvalue weighted by Gasteiger charge is -2.19. The van der Waals surface area contributed by atoms with Gasteiger partial charge in [-0.2, -0.15) is 0 Å². The van der Waals surface area contributed by atoms with Gasteiger partial charge in [-0.05, 0) is 27.7 Å². The fraction of sp³-hybridized carbons (Fsp3) is 0.538. The van der Waals surface area contributed by atoms with E-state index in [1.165, 1.54) is 6.92 Å². The van der Waals surface area contributed by atoms with Crippen molar-refractivity contribution in [1.82, 2.24) is 5.32 Å². The van der Waals surface area contributed by atoms with E-state index < -0.39 is 36.1 Å². The van der Waals surface area contributed by atoms with Crippen LogP contribution < -0.4 is 5.32 Å². The Kier molecular flexibility index (Phi) is 7.12. The minimum Gasteiger partial charge on any atom is -0.466 e. The van der Waals surface area contributed by atoms with Crippen LogP contribution in [0.3, 0.4) is 0 Å². The summed E-state index contributed by atoms with van der Waals surface area (Å²) in [4.78, 5) is 44.9. The first-order valence-corrected chi connectivity index (χ1v) is 6.03. The Morgan fingerprint density at radius 1 is 1.14 bits per heavy atom. The summed E-state index contributed by atoms with van der Waals surface area (Å²) in [5.41, 5.74) is -0.799. The average molecular weight is 301 g/mol. The third-order valence-electron chi connectivity index (χ3n) is 1.84. The molecule has 0 bridgehead atoms. The van der Waals surface area contributed by atoms with E-state index in [4.69, 9.17) is 4.74 Å². The Morgan fingerprint density at radius 2 is 1.71 bits per heavy atom. The number of hydrogen-bond donors (Lipinski definition) is 1. The van der Waals surface area contributed by atoms with Gasteiger partial charge in [-0.15, -0.1) is 0 Å². The summed E-state index contributed by atoms with van der Waals surface area (Å²) in [6.07, 6.45) is -0.243. The van der Waals surface area contributed by atoms with Gasteiger partial charge in [0.15, 0.2) is 0 Å². The highest BCUT2D eigenvalue weighted by Crippen LogP contribution is 2.06. The van der Waals surface area contributed by atoms with Gasteiger partial charge in [-0.1, -0.05) is 0 Å². The summed E-state index contributed by atoms with van der Waals surface area (Å²) in [5.74, 6) is -2.45. The minimum absolute atomic E-state index is 0.116. The van der Waals surface area contributed by atoms with E-state index in [2.05, 4.69) is 14.8 Å². The van der Waals surface area contributed by atoms with Crippen LogP contribution in [0.25, 0.3) is 0 Å². The maximum Gasteiger partial charge on any atom is 0.415 e. The molecule has 0 aliphatic rings. The molecule has 0 saturated heterocycles. The van der Waals surface area contributed by atoms with Crippen LogP contribution >= 0.6 is 0 Å². The molecule has 0 radical (unpaired) electrons. The summed E-state index contributed by atoms with van der Waals surface area (Å²) >= 11 is 0. The summed E-state index contributed by atoms with van der Waals surface area (Å²) in [6, 6.07) is 0. The number of ether oxygens (including phenoxy) is 3. The van der Waals surface area contributed by atoms with Crippen LogP contribution in [0.1, 0.15) is 27.7 Å². The highest BCUT2D eigenvalue weighted by atomic mass is 16.6. The monoisotopic (exact) mass is 301 g/mol. The molecule has 0 rings (SSSR count). The van der Waals surface area contributed by atoms with Crippen molar-refractivity contribution in [3.05, 3.63) is 11.6 Å². The van der Waals surface area contributed by atoms with Gasteiger partial charge in [0.1, 0.15) is 12.1 Å². The van der Waals surface area contributed by atoms with E-state index in [1.807, 2.05) is 0 Å². The van der Waals surface area contributed by atoms with Crippen LogP contribution in [-0.4, -0.2) is 43.3 Å². The predicted molar refractivity (Wildman–Crippen MR) is 71.1 cm³/mol. The van der Waals surface area contributed by atoms with Gasteiger partial charge in [0.25, 0.3) is 0 Å². The molecule has 21 heavy (non-hydrogen) atoms. The lowest BCUT2D eigenvalue weighted by atomic mass is 10.2. The lowest BCUT2D eigenvalue weighted by Crippen LogP contribution is -2.35. The van der Waals surface area contributed by atoms with Crippen molar-refractivity contribution < 1.29 is 33.4 Å². The highest BCUT2D eigenvalue weighted by Gasteiger charge is 2.18. The summed E-state index contributed by atoms with van der Waals surface area (Å²) in [6.45, 7) is 5.86. The molecule has 0 fully saturated rings. The number of alkyl carbamates (subject to hydrolysis) is 1. The summed E-state index contributed by atoms with van der Waals surface area (Å²) in [7, 11) is 1.14. The Bertz CT molecular complexity index is 460. The van der Waals surface area contributed by atoms with Crippen LogP contribution in [0.15, 0.2) is 11.6 Å². The zero-order valence-electron chi connectivity index (χ0n) is 12.6. The first-order chi connectivity index (χ1) is 9.55. The second-order valence-electron chi connectivity index (χ2n) is 4.97. The average Bonchev–Trinajstić information content (AvgIpc) is 2.33. The second-order valence-corrected chi connectivity index (χ2v) is 4.97. The molecule has 0 saturated carbocycles. The molecular weight excluding hydrogens is 282 g/mol. The van der Waals surface area contributed by atoms with Crippen molar-refractivity contribution in [2.24, 2.45) is 0 Å². The smallest absolute Gasteiger partial charge is 0.415 e. The minimum atomic E-state index is -1.12. The second kappa shape index (κ2) is 8.03. The van der Waals surface area contributed by atoms with Crippen molar-refractivity contribution in [3.63, 3.8) is 0 Å². The largest absolute Gasteiger partial charge is 0.466 e. The van der Waals surface area contributed by atoms with Crippen LogP contribution in [0.2, 0.25) is 0 Å².